The standard InChI is InChI=1S/C24H31ClN2O6/c1-6-33-21(30)14-12-16(25)17(13-18(14)32-5)26-19(28)8-7-11-27-20(29)15-9-10-24(4,22(27)31)23(15,2)3/h12-13,15H,6-11H2,1-5H3,(H,26,28). The van der Waals surface area contributed by atoms with E-state index in [1.54, 1.807) is 6.92 Å². The quantitative estimate of drug-likeness (QED) is 0.446. The maximum atomic E-state index is 13.1. The van der Waals surface area contributed by atoms with Crippen molar-refractivity contribution < 1.29 is 28.7 Å². The first-order chi connectivity index (χ1) is 15.5. The molecule has 1 aliphatic carbocycles. The smallest absolute Gasteiger partial charge is 0.341 e. The summed E-state index contributed by atoms with van der Waals surface area (Å²) in [7, 11) is 1.40. The molecule has 1 saturated carbocycles. The van der Waals surface area contributed by atoms with E-state index in [0.717, 1.165) is 0 Å². The summed E-state index contributed by atoms with van der Waals surface area (Å²) in [4.78, 5) is 51.9. The van der Waals surface area contributed by atoms with Gasteiger partial charge < -0.3 is 14.8 Å². The van der Waals surface area contributed by atoms with E-state index in [1.807, 2.05) is 20.8 Å². The number of carbonyl (C=O) groups is 4. The summed E-state index contributed by atoms with van der Waals surface area (Å²) in [6.07, 6.45) is 1.85. The molecule has 8 nitrogen and oxygen atoms in total. The molecule has 2 bridgehead atoms. The van der Waals surface area contributed by atoms with Crippen LogP contribution in [0.1, 0.15) is 63.7 Å². The van der Waals surface area contributed by atoms with E-state index in [4.69, 9.17) is 21.1 Å². The van der Waals surface area contributed by atoms with Crippen LogP contribution in [-0.2, 0) is 19.1 Å². The van der Waals surface area contributed by atoms with Crippen molar-refractivity contribution in [1.29, 1.82) is 0 Å². The van der Waals surface area contributed by atoms with Crippen LogP contribution in [0.4, 0.5) is 5.69 Å². The number of hydrogen-bond acceptors (Lipinski definition) is 6. The third kappa shape index (κ3) is 4.33. The number of anilines is 1. The molecule has 3 rings (SSSR count). The zero-order chi connectivity index (χ0) is 24.6. The summed E-state index contributed by atoms with van der Waals surface area (Å²) in [5, 5.41) is 2.87. The monoisotopic (exact) mass is 478 g/mol. The van der Waals surface area contributed by atoms with Gasteiger partial charge in [0.1, 0.15) is 11.3 Å². The minimum absolute atomic E-state index is 0.0973. The Morgan fingerprint density at radius 3 is 2.58 bits per heavy atom. The number of ether oxygens (including phenoxy) is 2. The normalized spacial score (nSPS) is 23.5. The lowest BCUT2D eigenvalue weighted by atomic mass is 9.62. The second-order valence-electron chi connectivity index (χ2n) is 9.34. The lowest BCUT2D eigenvalue weighted by molar-refractivity contribution is -0.168. The third-order valence-corrected chi connectivity index (χ3v) is 7.66. The van der Waals surface area contributed by atoms with Crippen molar-refractivity contribution in [2.45, 2.75) is 53.4 Å². The highest BCUT2D eigenvalue weighted by Gasteiger charge is 2.64. The SMILES string of the molecule is CCOC(=O)c1cc(Cl)c(NC(=O)CCCN2C(=O)C3CCC(C)(C2=O)C3(C)C)cc1OC. The van der Waals surface area contributed by atoms with Gasteiger partial charge in [-0.25, -0.2) is 4.79 Å². The van der Waals surface area contributed by atoms with Gasteiger partial charge in [-0.05, 0) is 37.7 Å². The molecule has 1 heterocycles. The Bertz CT molecular complexity index is 991. The number of halogens is 1. The first-order valence-electron chi connectivity index (χ1n) is 11.2. The van der Waals surface area contributed by atoms with Gasteiger partial charge in [0, 0.05) is 24.9 Å². The van der Waals surface area contributed by atoms with Crippen LogP contribution in [-0.4, -0.2) is 48.9 Å². The molecule has 1 aliphatic heterocycles. The number of methoxy groups -OCH3 is 1. The van der Waals surface area contributed by atoms with E-state index in [0.29, 0.717) is 24.9 Å². The highest BCUT2D eigenvalue weighted by atomic mass is 35.5. The van der Waals surface area contributed by atoms with E-state index >= 15 is 0 Å². The van der Waals surface area contributed by atoms with Crippen molar-refractivity contribution in [2.75, 3.05) is 25.6 Å². The topological polar surface area (TPSA) is 102 Å². The molecule has 1 aromatic carbocycles. The molecule has 0 radical (unpaired) electrons. The van der Waals surface area contributed by atoms with Gasteiger partial charge in [0.25, 0.3) is 0 Å². The van der Waals surface area contributed by atoms with Gasteiger partial charge in [0.2, 0.25) is 17.7 Å². The summed E-state index contributed by atoms with van der Waals surface area (Å²) >= 11 is 6.25. The molecule has 1 saturated heterocycles. The minimum atomic E-state index is -0.573. The van der Waals surface area contributed by atoms with E-state index in [2.05, 4.69) is 5.32 Å². The van der Waals surface area contributed by atoms with Gasteiger partial charge in [-0.3, -0.25) is 19.3 Å². The van der Waals surface area contributed by atoms with E-state index in [9.17, 15) is 19.2 Å². The Hall–Kier alpha value is -2.61. The molecule has 180 valence electrons. The lowest BCUT2D eigenvalue weighted by Gasteiger charge is -2.47. The van der Waals surface area contributed by atoms with Crippen LogP contribution in [0.25, 0.3) is 0 Å². The fourth-order valence-corrected chi connectivity index (χ4v) is 5.12. The van der Waals surface area contributed by atoms with Crippen LogP contribution >= 0.6 is 11.6 Å². The van der Waals surface area contributed by atoms with Crippen LogP contribution in [0.3, 0.4) is 0 Å². The highest BCUT2D eigenvalue weighted by molar-refractivity contribution is 6.34. The van der Waals surface area contributed by atoms with Crippen LogP contribution < -0.4 is 10.1 Å². The number of likely N-dealkylation sites (tertiary alicyclic amines) is 1. The number of amides is 3. The Kier molecular flexibility index (Phi) is 7.07. The molecular formula is C24H31ClN2O6. The van der Waals surface area contributed by atoms with Gasteiger partial charge in [-0.1, -0.05) is 32.4 Å². The molecule has 1 aromatic rings. The average Bonchev–Trinajstić information content (AvgIpc) is 2.95. The third-order valence-electron chi connectivity index (χ3n) is 7.35. The van der Waals surface area contributed by atoms with Gasteiger partial charge in [0.05, 0.1) is 29.8 Å². The fraction of sp³-hybridized carbons (Fsp3) is 0.583. The number of rotatable bonds is 8. The number of esters is 1. The van der Waals surface area contributed by atoms with Gasteiger partial charge in [-0.2, -0.15) is 0 Å². The molecule has 9 heteroatoms. The zero-order valence-corrected chi connectivity index (χ0v) is 20.5. The summed E-state index contributed by atoms with van der Waals surface area (Å²) in [5.74, 6) is -1.12. The Labute approximate surface area is 198 Å². The number of nitrogens with one attached hydrogen (secondary N) is 1. The molecule has 2 aliphatic rings. The Balaban J connectivity index is 1.62. The summed E-state index contributed by atoms with van der Waals surface area (Å²) < 4.78 is 10.2. The highest BCUT2D eigenvalue weighted by Crippen LogP contribution is 2.60. The van der Waals surface area contributed by atoms with Crippen LogP contribution in [0.2, 0.25) is 5.02 Å². The van der Waals surface area contributed by atoms with Crippen LogP contribution in [0, 0.1) is 16.7 Å². The summed E-state index contributed by atoms with van der Waals surface area (Å²) in [6.45, 7) is 8.03. The van der Waals surface area contributed by atoms with E-state index in [-0.39, 0.29) is 65.0 Å². The largest absolute Gasteiger partial charge is 0.496 e. The molecule has 3 amide bonds. The molecule has 0 spiro atoms. The minimum Gasteiger partial charge on any atom is -0.496 e. The Morgan fingerprint density at radius 1 is 1.24 bits per heavy atom. The van der Waals surface area contributed by atoms with Crippen molar-refractivity contribution in [2.24, 2.45) is 16.7 Å². The fourth-order valence-electron chi connectivity index (χ4n) is 4.91. The zero-order valence-electron chi connectivity index (χ0n) is 19.7. The number of piperidine rings is 1. The molecule has 33 heavy (non-hydrogen) atoms. The number of nitrogens with zero attached hydrogens (tertiary/aromatic N) is 1. The second kappa shape index (κ2) is 9.33. The summed E-state index contributed by atoms with van der Waals surface area (Å²) in [6, 6.07) is 2.85. The molecule has 2 fully saturated rings. The Morgan fingerprint density at radius 2 is 1.94 bits per heavy atom. The van der Waals surface area contributed by atoms with Crippen LogP contribution in [0.15, 0.2) is 12.1 Å². The lowest BCUT2D eigenvalue weighted by Crippen LogP contribution is -2.59. The number of benzene rings is 1. The predicted molar refractivity (Wildman–Crippen MR) is 123 cm³/mol. The van der Waals surface area contributed by atoms with E-state index < -0.39 is 11.4 Å². The maximum Gasteiger partial charge on any atom is 0.341 e. The van der Waals surface area contributed by atoms with Crippen molar-refractivity contribution in [1.82, 2.24) is 4.90 Å². The van der Waals surface area contributed by atoms with Crippen molar-refractivity contribution in [3.05, 3.63) is 22.7 Å². The van der Waals surface area contributed by atoms with Gasteiger partial charge in [0.15, 0.2) is 0 Å². The number of fused-ring (bicyclic) bond motifs is 2. The molecular weight excluding hydrogens is 448 g/mol. The molecule has 1 N–H and O–H groups in total. The summed E-state index contributed by atoms with van der Waals surface area (Å²) in [5.41, 5.74) is -0.460. The van der Waals surface area contributed by atoms with Crippen LogP contribution in [0.5, 0.6) is 5.75 Å². The maximum absolute atomic E-state index is 13.1. The average molecular weight is 479 g/mol. The number of hydrogen-bond donors (Lipinski definition) is 1. The first-order valence-corrected chi connectivity index (χ1v) is 11.6. The number of carbonyl (C=O) groups excluding carboxylic acids is 4. The predicted octanol–water partition coefficient (Wildman–Crippen LogP) is 4.06. The first kappa shape index (κ1) is 25.0. The molecule has 0 aromatic heterocycles. The van der Waals surface area contributed by atoms with E-state index in [1.165, 1.54) is 24.1 Å². The van der Waals surface area contributed by atoms with Gasteiger partial charge in [-0.15, -0.1) is 0 Å². The molecule has 2 unspecified atom stereocenters. The number of imide groups is 1. The molecule has 2 atom stereocenters. The van der Waals surface area contributed by atoms with Gasteiger partial charge >= 0.3 is 5.97 Å². The van der Waals surface area contributed by atoms with Crippen molar-refractivity contribution in [3.63, 3.8) is 0 Å². The van der Waals surface area contributed by atoms with Crippen molar-refractivity contribution in [3.8, 4) is 5.75 Å². The second-order valence-corrected chi connectivity index (χ2v) is 9.75. The van der Waals surface area contributed by atoms with Crippen molar-refractivity contribution >= 4 is 41.0 Å².